The summed E-state index contributed by atoms with van der Waals surface area (Å²) < 4.78 is 9.45. The molecule has 0 fully saturated rings. The molecular formula is C32H35N9O8. The van der Waals surface area contributed by atoms with E-state index < -0.39 is 41.8 Å². The molecule has 7 N–H and O–H groups in total. The van der Waals surface area contributed by atoms with Crippen LogP contribution in [0.3, 0.4) is 0 Å². The monoisotopic (exact) mass is 673 g/mol. The molecule has 17 heteroatoms. The molecule has 0 bridgehead atoms. The van der Waals surface area contributed by atoms with Crippen molar-refractivity contribution in [2.24, 2.45) is 0 Å². The van der Waals surface area contributed by atoms with Gasteiger partial charge >= 0.3 is 17.9 Å². The number of nitrogens with zero attached hydrogens (tertiary/aromatic N) is 5. The van der Waals surface area contributed by atoms with Crippen molar-refractivity contribution in [3.8, 4) is 0 Å². The number of nitrogens with two attached hydrogens (primary N) is 2. The van der Waals surface area contributed by atoms with Crippen LogP contribution in [0.2, 0.25) is 0 Å². The number of nitrogen functional groups attached to an aromatic ring is 2. The van der Waals surface area contributed by atoms with Crippen LogP contribution in [0, 0.1) is 0 Å². The lowest BCUT2D eigenvalue weighted by Gasteiger charge is -2.22. The zero-order valence-electron chi connectivity index (χ0n) is 26.9. The zero-order chi connectivity index (χ0) is 35.7. The summed E-state index contributed by atoms with van der Waals surface area (Å²) in [7, 11) is 4.18. The summed E-state index contributed by atoms with van der Waals surface area (Å²) >= 11 is 0. The fraction of sp³-hybridized carbons (Fsp3) is 0.281. The van der Waals surface area contributed by atoms with Crippen LogP contribution >= 0.6 is 0 Å². The summed E-state index contributed by atoms with van der Waals surface area (Å²) in [5.74, 6) is -4.06. The largest absolute Gasteiger partial charge is 0.480 e. The Labute approximate surface area is 280 Å². The summed E-state index contributed by atoms with van der Waals surface area (Å²) in [6.07, 6.45) is 0.883. The zero-order valence-corrected chi connectivity index (χ0v) is 26.9. The molecule has 49 heavy (non-hydrogen) atoms. The number of nitrogens with one attached hydrogen (secondary N) is 2. The van der Waals surface area contributed by atoms with E-state index in [1.807, 2.05) is 4.90 Å². The first-order valence-corrected chi connectivity index (χ1v) is 14.8. The molecule has 4 aromatic rings. The predicted molar refractivity (Wildman–Crippen MR) is 176 cm³/mol. The number of carboxylic acid groups (broad SMARTS) is 1. The molecule has 2 aromatic heterocycles. The fourth-order valence-electron chi connectivity index (χ4n) is 4.83. The van der Waals surface area contributed by atoms with E-state index in [0.29, 0.717) is 23.3 Å². The minimum absolute atomic E-state index is 0.00761. The molecule has 2 amide bonds. The molecule has 4 rings (SSSR count). The number of methoxy groups -OCH3 is 2. The number of aromatic nitrogens is 4. The summed E-state index contributed by atoms with van der Waals surface area (Å²) in [6, 6.07) is 9.91. The molecular weight excluding hydrogens is 638 g/mol. The van der Waals surface area contributed by atoms with E-state index >= 15 is 0 Å². The number of anilines is 3. The van der Waals surface area contributed by atoms with Gasteiger partial charge in [-0.3, -0.25) is 14.4 Å². The van der Waals surface area contributed by atoms with Crippen molar-refractivity contribution in [3.63, 3.8) is 0 Å². The molecule has 256 valence electrons. The second-order valence-electron chi connectivity index (χ2n) is 10.8. The van der Waals surface area contributed by atoms with E-state index in [4.69, 9.17) is 16.2 Å². The molecule has 0 aliphatic carbocycles. The van der Waals surface area contributed by atoms with Crippen LogP contribution in [0.25, 0.3) is 11.2 Å². The Morgan fingerprint density at radius 3 is 2.31 bits per heavy atom. The molecule has 2 aromatic carbocycles. The van der Waals surface area contributed by atoms with Crippen LogP contribution in [0.4, 0.5) is 17.5 Å². The van der Waals surface area contributed by atoms with Gasteiger partial charge in [0.25, 0.3) is 5.91 Å². The Morgan fingerprint density at radius 2 is 1.63 bits per heavy atom. The number of benzene rings is 2. The van der Waals surface area contributed by atoms with Crippen LogP contribution in [0.15, 0.2) is 54.7 Å². The lowest BCUT2D eigenvalue weighted by atomic mass is 9.99. The molecule has 17 nitrogen and oxygen atoms in total. The number of rotatable bonds is 14. The molecule has 0 radical (unpaired) electrons. The average Bonchev–Trinajstić information content (AvgIpc) is 3.09. The van der Waals surface area contributed by atoms with Gasteiger partial charge in [0.05, 0.1) is 38.2 Å². The SMILES string of the molecule is COC(=O)CC[C@H](NC(=O)c1ccc(N(C)Cc2cnc3nc(N)nc(N)c3n2)cc1)C(=O)N[C@@H](Cc1ccccc1C(=O)OC)C(=O)O. The molecule has 0 aliphatic rings. The topological polar surface area (TPSA) is 255 Å². The minimum Gasteiger partial charge on any atom is -0.480 e. The number of hydrogen-bond donors (Lipinski definition) is 5. The minimum atomic E-state index is -1.47. The average molecular weight is 674 g/mol. The summed E-state index contributed by atoms with van der Waals surface area (Å²) in [4.78, 5) is 81.3. The van der Waals surface area contributed by atoms with Crippen molar-refractivity contribution in [2.45, 2.75) is 37.9 Å². The van der Waals surface area contributed by atoms with Gasteiger partial charge in [0.2, 0.25) is 11.9 Å². The summed E-state index contributed by atoms with van der Waals surface area (Å²) in [5.41, 5.74) is 14.1. The second-order valence-corrected chi connectivity index (χ2v) is 10.8. The predicted octanol–water partition coefficient (Wildman–Crippen LogP) is 0.871. The first-order chi connectivity index (χ1) is 23.4. The quantitative estimate of drug-likeness (QED) is 0.116. The Morgan fingerprint density at radius 1 is 0.918 bits per heavy atom. The Bertz CT molecular complexity index is 1870. The van der Waals surface area contributed by atoms with Crippen molar-refractivity contribution in [1.29, 1.82) is 0 Å². The molecule has 0 unspecified atom stereocenters. The summed E-state index contributed by atoms with van der Waals surface area (Å²) in [6.45, 7) is 0.322. The Kier molecular flexibility index (Phi) is 11.5. The van der Waals surface area contributed by atoms with E-state index in [1.165, 1.54) is 20.3 Å². The first-order valence-electron chi connectivity index (χ1n) is 14.8. The van der Waals surface area contributed by atoms with Gasteiger partial charge in [-0.25, -0.2) is 19.6 Å². The first kappa shape index (κ1) is 35.5. The summed E-state index contributed by atoms with van der Waals surface area (Å²) in [5, 5.41) is 14.9. The van der Waals surface area contributed by atoms with Crippen LogP contribution in [0.5, 0.6) is 0 Å². The molecule has 0 saturated carbocycles. The number of aliphatic carboxylic acids is 1. The van der Waals surface area contributed by atoms with E-state index in [9.17, 15) is 29.1 Å². The van der Waals surface area contributed by atoms with Gasteiger partial charge in [-0.2, -0.15) is 9.97 Å². The van der Waals surface area contributed by atoms with Crippen LogP contribution in [-0.2, 0) is 36.8 Å². The number of amides is 2. The number of ether oxygens (including phenoxy) is 2. The van der Waals surface area contributed by atoms with Crippen molar-refractivity contribution >= 4 is 58.3 Å². The lowest BCUT2D eigenvalue weighted by molar-refractivity contribution is -0.143. The van der Waals surface area contributed by atoms with Gasteiger partial charge in [-0.05, 0) is 42.3 Å². The molecule has 0 spiro atoms. The van der Waals surface area contributed by atoms with Gasteiger partial charge in [-0.15, -0.1) is 0 Å². The number of esters is 2. The number of carbonyl (C=O) groups is 5. The van der Waals surface area contributed by atoms with E-state index in [2.05, 4.69) is 35.3 Å². The number of hydrogen-bond acceptors (Lipinski definition) is 14. The van der Waals surface area contributed by atoms with Crippen LogP contribution < -0.4 is 27.0 Å². The third kappa shape index (κ3) is 9.12. The van der Waals surface area contributed by atoms with Gasteiger partial charge in [0.1, 0.15) is 12.1 Å². The third-order valence-electron chi connectivity index (χ3n) is 7.42. The van der Waals surface area contributed by atoms with E-state index in [1.54, 1.807) is 55.7 Å². The maximum atomic E-state index is 13.4. The highest BCUT2D eigenvalue weighted by Crippen LogP contribution is 2.19. The number of carbonyl (C=O) groups excluding carboxylic acids is 4. The fourth-order valence-corrected chi connectivity index (χ4v) is 4.83. The van der Waals surface area contributed by atoms with Gasteiger partial charge in [0.15, 0.2) is 17.0 Å². The maximum Gasteiger partial charge on any atom is 0.338 e. The molecule has 0 saturated heterocycles. The normalized spacial score (nSPS) is 12.0. The molecule has 2 heterocycles. The van der Waals surface area contributed by atoms with Gasteiger partial charge in [0, 0.05) is 31.1 Å². The van der Waals surface area contributed by atoms with Crippen LogP contribution in [-0.4, -0.2) is 88.1 Å². The van der Waals surface area contributed by atoms with Gasteiger partial charge < -0.3 is 41.6 Å². The van der Waals surface area contributed by atoms with Crippen molar-refractivity contribution in [2.75, 3.05) is 37.6 Å². The smallest absolute Gasteiger partial charge is 0.338 e. The van der Waals surface area contributed by atoms with E-state index in [-0.39, 0.29) is 47.8 Å². The lowest BCUT2D eigenvalue weighted by Crippen LogP contribution is -2.52. The van der Waals surface area contributed by atoms with Crippen LogP contribution in [0.1, 0.15) is 44.8 Å². The standard InChI is InChI=1S/C32H35N9O8/c1-41(16-19-15-35-27-25(36-19)26(33)39-32(34)40-27)20-10-8-17(9-11-20)28(43)37-22(12-13-24(42)48-2)29(44)38-23(30(45)46)14-18-6-4-5-7-21(18)31(47)49-3/h4-11,15,22-23H,12-14,16H2,1-3H3,(H,37,43)(H,38,44)(H,45,46)(H4,33,34,35,39,40)/t22-,23-/m0/s1. The Hall–Kier alpha value is -6.39. The van der Waals surface area contributed by atoms with Crippen molar-refractivity contribution < 1.29 is 38.6 Å². The highest BCUT2D eigenvalue weighted by Gasteiger charge is 2.29. The number of fused-ring (bicyclic) bond motifs is 1. The molecule has 2 atom stereocenters. The van der Waals surface area contributed by atoms with Crippen molar-refractivity contribution in [3.05, 3.63) is 77.1 Å². The van der Waals surface area contributed by atoms with Crippen molar-refractivity contribution in [1.82, 2.24) is 30.6 Å². The highest BCUT2D eigenvalue weighted by atomic mass is 16.5. The van der Waals surface area contributed by atoms with Gasteiger partial charge in [-0.1, -0.05) is 18.2 Å². The highest BCUT2D eigenvalue weighted by molar-refractivity contribution is 5.98. The second kappa shape index (κ2) is 15.9. The third-order valence-corrected chi connectivity index (χ3v) is 7.42. The number of carboxylic acids is 1. The molecule has 0 aliphatic heterocycles. The maximum absolute atomic E-state index is 13.4. The Balaban J connectivity index is 1.46. The van der Waals surface area contributed by atoms with E-state index in [0.717, 1.165) is 5.69 Å².